The Bertz CT molecular complexity index is 1030. The zero-order valence-corrected chi connectivity index (χ0v) is 17.5. The van der Waals surface area contributed by atoms with Gasteiger partial charge in [-0.05, 0) is 17.2 Å². The number of halogens is 2. The smallest absolute Gasteiger partial charge is 0.287 e. The molecule has 0 atom stereocenters. The molecule has 1 aliphatic heterocycles. The van der Waals surface area contributed by atoms with Crippen LogP contribution in [0.4, 0.5) is 5.69 Å². The first-order valence-electron chi connectivity index (χ1n) is 9.62. The van der Waals surface area contributed by atoms with E-state index in [0.29, 0.717) is 17.3 Å². The molecule has 29 heavy (non-hydrogen) atoms. The predicted octanol–water partition coefficient (Wildman–Crippen LogP) is 3.92. The predicted molar refractivity (Wildman–Crippen MR) is 118 cm³/mol. The molecule has 0 bridgehead atoms. The lowest BCUT2D eigenvalue weighted by Gasteiger charge is -2.36. The van der Waals surface area contributed by atoms with Gasteiger partial charge in [-0.15, -0.1) is 0 Å². The average molecular weight is 429 g/mol. The number of aromatic nitrogens is 2. The molecule has 0 radical (unpaired) electrons. The number of benzene rings is 2. The fourth-order valence-corrected chi connectivity index (χ4v) is 4.03. The molecule has 3 aromatic rings. The second-order valence-electron chi connectivity index (χ2n) is 7.15. The van der Waals surface area contributed by atoms with Crippen molar-refractivity contribution in [3.8, 4) is 0 Å². The highest BCUT2D eigenvalue weighted by atomic mass is 35.5. The summed E-state index contributed by atoms with van der Waals surface area (Å²) in [6, 6.07) is 17.9. The molecule has 0 saturated carbocycles. The third-order valence-corrected chi connectivity index (χ3v) is 5.93. The van der Waals surface area contributed by atoms with Crippen molar-refractivity contribution in [1.82, 2.24) is 14.7 Å². The Labute approximate surface area is 180 Å². The highest BCUT2D eigenvalue weighted by molar-refractivity contribution is 6.33. The van der Waals surface area contributed by atoms with Gasteiger partial charge in [0.05, 0.1) is 18.4 Å². The molecule has 0 N–H and O–H groups in total. The molecule has 5 nitrogen and oxygen atoms in total. The van der Waals surface area contributed by atoms with Gasteiger partial charge in [0.15, 0.2) is 0 Å². The largest absolute Gasteiger partial charge is 0.366 e. The van der Waals surface area contributed by atoms with Crippen molar-refractivity contribution in [3.63, 3.8) is 0 Å². The number of anilines is 1. The van der Waals surface area contributed by atoms with E-state index in [9.17, 15) is 4.79 Å². The second-order valence-corrected chi connectivity index (χ2v) is 7.93. The minimum absolute atomic E-state index is 0.212. The Balaban J connectivity index is 1.44. The van der Waals surface area contributed by atoms with Crippen LogP contribution >= 0.6 is 23.2 Å². The molecule has 2 aromatic carbocycles. The zero-order chi connectivity index (χ0) is 20.2. The summed E-state index contributed by atoms with van der Waals surface area (Å²) in [7, 11) is 0. The number of rotatable bonds is 5. The average Bonchev–Trinajstić information content (AvgIpc) is 2.75. The third-order valence-electron chi connectivity index (χ3n) is 5.21. The molecular weight excluding hydrogens is 407 g/mol. The molecule has 1 fully saturated rings. The monoisotopic (exact) mass is 428 g/mol. The Kier molecular flexibility index (Phi) is 6.19. The fourth-order valence-electron chi connectivity index (χ4n) is 3.57. The van der Waals surface area contributed by atoms with Crippen molar-refractivity contribution in [2.75, 3.05) is 31.1 Å². The van der Waals surface area contributed by atoms with Crippen LogP contribution < -0.4 is 10.5 Å². The van der Waals surface area contributed by atoms with E-state index in [2.05, 4.69) is 39.2 Å². The molecule has 0 amide bonds. The van der Waals surface area contributed by atoms with E-state index in [0.717, 1.165) is 38.3 Å². The van der Waals surface area contributed by atoms with Crippen molar-refractivity contribution in [2.24, 2.45) is 0 Å². The molecule has 7 heteroatoms. The Morgan fingerprint density at radius 1 is 0.862 bits per heavy atom. The van der Waals surface area contributed by atoms with Crippen molar-refractivity contribution in [3.05, 3.63) is 92.3 Å². The van der Waals surface area contributed by atoms with Crippen LogP contribution in [-0.4, -0.2) is 40.9 Å². The normalized spacial score (nSPS) is 14.9. The standard InChI is InChI=1S/C22H22Cl2N4O/c23-19-9-5-4-8-18(19)16-28-22(29)21(24)20(14-25-28)27-12-10-26(11-13-27)15-17-6-2-1-3-7-17/h1-9,14H,10-13,15-16H2. The van der Waals surface area contributed by atoms with Gasteiger partial charge in [-0.1, -0.05) is 71.7 Å². The summed E-state index contributed by atoms with van der Waals surface area (Å²) in [5.41, 5.74) is 2.55. The van der Waals surface area contributed by atoms with E-state index in [1.807, 2.05) is 24.3 Å². The Morgan fingerprint density at radius 3 is 2.28 bits per heavy atom. The number of hydrogen-bond donors (Lipinski definition) is 0. The highest BCUT2D eigenvalue weighted by Crippen LogP contribution is 2.23. The Hall–Kier alpha value is -2.34. The minimum Gasteiger partial charge on any atom is -0.366 e. The van der Waals surface area contributed by atoms with Gasteiger partial charge in [0, 0.05) is 37.7 Å². The first-order chi connectivity index (χ1) is 14.1. The van der Waals surface area contributed by atoms with Gasteiger partial charge in [-0.2, -0.15) is 5.10 Å². The van der Waals surface area contributed by atoms with Crippen LogP contribution in [0.15, 0.2) is 65.6 Å². The summed E-state index contributed by atoms with van der Waals surface area (Å²) in [4.78, 5) is 17.3. The first-order valence-corrected chi connectivity index (χ1v) is 10.4. The van der Waals surface area contributed by atoms with Crippen molar-refractivity contribution in [2.45, 2.75) is 13.1 Å². The minimum atomic E-state index is -0.296. The van der Waals surface area contributed by atoms with Gasteiger partial charge < -0.3 is 4.90 Å². The van der Waals surface area contributed by atoms with Crippen LogP contribution in [0.5, 0.6) is 0 Å². The topological polar surface area (TPSA) is 41.4 Å². The summed E-state index contributed by atoms with van der Waals surface area (Å²) in [6.07, 6.45) is 1.69. The van der Waals surface area contributed by atoms with Gasteiger partial charge in [-0.25, -0.2) is 4.68 Å². The van der Waals surface area contributed by atoms with Crippen LogP contribution in [0.25, 0.3) is 0 Å². The molecule has 0 unspecified atom stereocenters. The summed E-state index contributed by atoms with van der Waals surface area (Å²) in [5.74, 6) is 0. The molecule has 2 heterocycles. The molecule has 0 spiro atoms. The van der Waals surface area contributed by atoms with Gasteiger partial charge in [-0.3, -0.25) is 9.69 Å². The van der Waals surface area contributed by atoms with E-state index in [1.54, 1.807) is 12.3 Å². The fraction of sp³-hybridized carbons (Fsp3) is 0.273. The number of piperazine rings is 1. The van der Waals surface area contributed by atoms with Gasteiger partial charge >= 0.3 is 0 Å². The lowest BCUT2D eigenvalue weighted by Crippen LogP contribution is -2.46. The van der Waals surface area contributed by atoms with E-state index < -0.39 is 0 Å². The molecule has 1 saturated heterocycles. The van der Waals surface area contributed by atoms with Crippen LogP contribution in [0.2, 0.25) is 10.0 Å². The van der Waals surface area contributed by atoms with Gasteiger partial charge in [0.25, 0.3) is 5.56 Å². The van der Waals surface area contributed by atoms with Crippen LogP contribution in [0.1, 0.15) is 11.1 Å². The van der Waals surface area contributed by atoms with E-state index in [-0.39, 0.29) is 10.6 Å². The number of nitrogens with zero attached hydrogens (tertiary/aromatic N) is 4. The van der Waals surface area contributed by atoms with Gasteiger partial charge in [0.1, 0.15) is 5.02 Å². The van der Waals surface area contributed by atoms with E-state index >= 15 is 0 Å². The second kappa shape index (κ2) is 8.99. The SMILES string of the molecule is O=c1c(Cl)c(N2CCN(Cc3ccccc3)CC2)cnn1Cc1ccccc1Cl. The maximum absolute atomic E-state index is 12.7. The van der Waals surface area contributed by atoms with Crippen LogP contribution in [0, 0.1) is 0 Å². The summed E-state index contributed by atoms with van der Waals surface area (Å²) < 4.78 is 1.36. The van der Waals surface area contributed by atoms with Crippen molar-refractivity contribution < 1.29 is 0 Å². The zero-order valence-electron chi connectivity index (χ0n) is 16.0. The van der Waals surface area contributed by atoms with Crippen LogP contribution in [-0.2, 0) is 13.1 Å². The lowest BCUT2D eigenvalue weighted by atomic mass is 10.2. The lowest BCUT2D eigenvalue weighted by molar-refractivity contribution is 0.250. The van der Waals surface area contributed by atoms with Gasteiger partial charge in [0.2, 0.25) is 0 Å². The molecule has 150 valence electrons. The molecule has 1 aromatic heterocycles. The summed E-state index contributed by atoms with van der Waals surface area (Å²) in [6.45, 7) is 4.66. The van der Waals surface area contributed by atoms with E-state index in [4.69, 9.17) is 23.2 Å². The van der Waals surface area contributed by atoms with E-state index in [1.165, 1.54) is 10.2 Å². The maximum atomic E-state index is 12.7. The highest BCUT2D eigenvalue weighted by Gasteiger charge is 2.21. The molecule has 1 aliphatic rings. The summed E-state index contributed by atoms with van der Waals surface area (Å²) in [5, 5.41) is 5.16. The maximum Gasteiger partial charge on any atom is 0.287 e. The molecule has 0 aliphatic carbocycles. The van der Waals surface area contributed by atoms with Crippen molar-refractivity contribution >= 4 is 28.9 Å². The molecular formula is C22H22Cl2N4O. The Morgan fingerprint density at radius 2 is 1.55 bits per heavy atom. The number of hydrogen-bond acceptors (Lipinski definition) is 4. The van der Waals surface area contributed by atoms with Crippen LogP contribution in [0.3, 0.4) is 0 Å². The summed E-state index contributed by atoms with van der Waals surface area (Å²) >= 11 is 12.6. The van der Waals surface area contributed by atoms with Crippen molar-refractivity contribution in [1.29, 1.82) is 0 Å². The third kappa shape index (κ3) is 4.64. The quantitative estimate of drug-likeness (QED) is 0.617. The molecule has 4 rings (SSSR count). The first kappa shape index (κ1) is 20.0.